The highest BCUT2D eigenvalue weighted by Crippen LogP contribution is 2.39. The van der Waals surface area contributed by atoms with Crippen molar-refractivity contribution in [3.63, 3.8) is 0 Å². The molecular formula is C20H18O5S. The highest BCUT2D eigenvalue weighted by molar-refractivity contribution is 7.98. The lowest BCUT2D eigenvalue weighted by Crippen LogP contribution is -2.03. The molecule has 0 atom stereocenters. The van der Waals surface area contributed by atoms with Crippen LogP contribution in [0.3, 0.4) is 0 Å². The fraction of sp³-hybridized carbons (Fsp3) is 0.200. The summed E-state index contributed by atoms with van der Waals surface area (Å²) in [6, 6.07) is 8.84. The van der Waals surface area contributed by atoms with Gasteiger partial charge in [0, 0.05) is 33.9 Å². The van der Waals surface area contributed by atoms with Gasteiger partial charge in [-0.3, -0.25) is 4.79 Å². The first-order valence-corrected chi connectivity index (χ1v) is 9.28. The zero-order valence-corrected chi connectivity index (χ0v) is 14.8. The van der Waals surface area contributed by atoms with Gasteiger partial charge in [-0.1, -0.05) is 30.3 Å². The molecule has 0 saturated carbocycles. The number of benzene rings is 2. The van der Waals surface area contributed by atoms with Gasteiger partial charge in [0.15, 0.2) is 0 Å². The van der Waals surface area contributed by atoms with Crippen molar-refractivity contribution in [3.8, 4) is 5.75 Å². The number of thioether (sulfide) groups is 1. The number of fused-ring (bicyclic) bond motifs is 3. The molecule has 0 aliphatic heterocycles. The maximum atomic E-state index is 12.1. The number of carbonyl (C=O) groups is 1. The quantitative estimate of drug-likeness (QED) is 0.282. The molecule has 26 heavy (non-hydrogen) atoms. The fourth-order valence-corrected chi connectivity index (χ4v) is 3.93. The number of phenolic OH excluding ortho intramolecular Hbond substituents is 1. The third-order valence-corrected chi connectivity index (χ3v) is 5.13. The molecular weight excluding hydrogens is 352 g/mol. The van der Waals surface area contributed by atoms with E-state index in [9.17, 15) is 14.7 Å². The largest absolute Gasteiger partial charge is 0.507 e. The zero-order chi connectivity index (χ0) is 18.7. The summed E-state index contributed by atoms with van der Waals surface area (Å²) in [5, 5.41) is 21.7. The van der Waals surface area contributed by atoms with Crippen molar-refractivity contribution in [1.82, 2.24) is 0 Å². The van der Waals surface area contributed by atoms with Gasteiger partial charge in [0.2, 0.25) is 0 Å². The Morgan fingerprint density at radius 2 is 2.00 bits per heavy atom. The second-order valence-corrected chi connectivity index (χ2v) is 6.96. The number of allylic oxidation sites excluding steroid dienone is 1. The molecule has 0 aliphatic rings. The molecule has 0 bridgehead atoms. The third kappa shape index (κ3) is 3.46. The molecule has 5 nitrogen and oxygen atoms in total. The maximum Gasteiger partial charge on any atom is 0.336 e. The van der Waals surface area contributed by atoms with Gasteiger partial charge in [-0.05, 0) is 17.4 Å². The van der Waals surface area contributed by atoms with E-state index in [0.717, 1.165) is 16.3 Å². The summed E-state index contributed by atoms with van der Waals surface area (Å²) in [6.07, 6.45) is 2.08. The zero-order valence-electron chi connectivity index (χ0n) is 14.0. The summed E-state index contributed by atoms with van der Waals surface area (Å²) in [6.45, 7) is 3.72. The lowest BCUT2D eigenvalue weighted by molar-refractivity contribution is -0.136. The van der Waals surface area contributed by atoms with Crippen LogP contribution in [0.25, 0.3) is 21.7 Å². The van der Waals surface area contributed by atoms with E-state index in [1.165, 1.54) is 17.8 Å². The Kier molecular flexibility index (Phi) is 5.32. The molecule has 0 unspecified atom stereocenters. The van der Waals surface area contributed by atoms with Crippen molar-refractivity contribution >= 4 is 39.5 Å². The molecule has 1 heterocycles. The molecule has 3 rings (SSSR count). The minimum Gasteiger partial charge on any atom is -0.507 e. The summed E-state index contributed by atoms with van der Waals surface area (Å²) in [5.41, 5.74) is 1.17. The molecule has 0 saturated heterocycles. The van der Waals surface area contributed by atoms with Crippen LogP contribution in [0.2, 0.25) is 0 Å². The molecule has 0 aliphatic carbocycles. The minimum atomic E-state index is -0.849. The van der Waals surface area contributed by atoms with Crippen molar-refractivity contribution in [2.45, 2.75) is 18.6 Å². The summed E-state index contributed by atoms with van der Waals surface area (Å²) in [5.74, 6) is 0.176. The Labute approximate surface area is 153 Å². The smallest absolute Gasteiger partial charge is 0.336 e. The van der Waals surface area contributed by atoms with Gasteiger partial charge in [0.05, 0.1) is 6.42 Å². The maximum absolute atomic E-state index is 12.1. The molecule has 0 radical (unpaired) electrons. The highest BCUT2D eigenvalue weighted by atomic mass is 32.2. The predicted octanol–water partition coefficient (Wildman–Crippen LogP) is 4.09. The van der Waals surface area contributed by atoms with Crippen LogP contribution in [0, 0.1) is 0 Å². The molecule has 0 amide bonds. The van der Waals surface area contributed by atoms with E-state index < -0.39 is 11.6 Å². The average Bonchev–Trinajstić information content (AvgIpc) is 2.61. The van der Waals surface area contributed by atoms with Crippen LogP contribution in [0.5, 0.6) is 5.75 Å². The number of aliphatic carboxylic acids is 1. The fourth-order valence-electron chi connectivity index (χ4n) is 3.02. The monoisotopic (exact) mass is 370 g/mol. The van der Waals surface area contributed by atoms with Crippen molar-refractivity contribution < 1.29 is 19.4 Å². The van der Waals surface area contributed by atoms with Gasteiger partial charge in [0.25, 0.3) is 0 Å². The van der Waals surface area contributed by atoms with E-state index in [0.29, 0.717) is 34.5 Å². The van der Waals surface area contributed by atoms with Crippen LogP contribution in [-0.2, 0) is 17.0 Å². The number of hydrogen-bond acceptors (Lipinski definition) is 5. The summed E-state index contributed by atoms with van der Waals surface area (Å²) in [4.78, 5) is 22.8. The van der Waals surface area contributed by atoms with E-state index in [2.05, 4.69) is 6.58 Å². The standard InChI is InChI=1S/C20H18O5S/c1-2-5-15-19(24)14-7-4-3-6-13(14)18-12(10-17(23)25-20(15)18)11-26-9-8-16(21)22/h2-4,6-7,10,24H,1,5,8-9,11H2,(H,21,22). The molecule has 3 aromatic rings. The molecule has 0 spiro atoms. The first kappa shape index (κ1) is 18.1. The van der Waals surface area contributed by atoms with Crippen LogP contribution in [0.4, 0.5) is 0 Å². The highest BCUT2D eigenvalue weighted by Gasteiger charge is 2.18. The topological polar surface area (TPSA) is 87.7 Å². The van der Waals surface area contributed by atoms with E-state index in [-0.39, 0.29) is 12.2 Å². The van der Waals surface area contributed by atoms with Crippen LogP contribution in [0.15, 0.2) is 52.2 Å². The number of phenols is 1. The second kappa shape index (κ2) is 7.66. The van der Waals surface area contributed by atoms with Gasteiger partial charge in [0.1, 0.15) is 11.3 Å². The first-order valence-electron chi connectivity index (χ1n) is 8.12. The number of carboxylic acid groups (broad SMARTS) is 1. The Hall–Kier alpha value is -2.73. The lowest BCUT2D eigenvalue weighted by atomic mass is 9.96. The lowest BCUT2D eigenvalue weighted by Gasteiger charge is -2.14. The van der Waals surface area contributed by atoms with Gasteiger partial charge in [-0.15, -0.1) is 6.58 Å². The molecule has 0 fully saturated rings. The van der Waals surface area contributed by atoms with E-state index in [1.807, 2.05) is 24.3 Å². The Morgan fingerprint density at radius 1 is 1.27 bits per heavy atom. The van der Waals surface area contributed by atoms with Gasteiger partial charge in [-0.25, -0.2) is 4.79 Å². The molecule has 2 aromatic carbocycles. The Bertz CT molecular complexity index is 1050. The molecule has 1 aromatic heterocycles. The minimum absolute atomic E-state index is 0.0628. The Morgan fingerprint density at radius 3 is 2.69 bits per heavy atom. The van der Waals surface area contributed by atoms with E-state index in [4.69, 9.17) is 9.52 Å². The van der Waals surface area contributed by atoms with Crippen LogP contribution in [0.1, 0.15) is 17.5 Å². The predicted molar refractivity (Wildman–Crippen MR) is 104 cm³/mol. The van der Waals surface area contributed by atoms with E-state index in [1.54, 1.807) is 6.08 Å². The van der Waals surface area contributed by atoms with Gasteiger partial charge in [-0.2, -0.15) is 11.8 Å². The third-order valence-electron chi connectivity index (χ3n) is 4.12. The van der Waals surface area contributed by atoms with Gasteiger partial charge >= 0.3 is 11.6 Å². The number of carboxylic acids is 1. The number of hydrogen-bond donors (Lipinski definition) is 2. The van der Waals surface area contributed by atoms with Crippen LogP contribution < -0.4 is 5.63 Å². The summed E-state index contributed by atoms with van der Waals surface area (Å²) >= 11 is 1.45. The van der Waals surface area contributed by atoms with Gasteiger partial charge < -0.3 is 14.6 Å². The summed E-state index contributed by atoms with van der Waals surface area (Å²) in [7, 11) is 0. The molecule has 2 N–H and O–H groups in total. The SMILES string of the molecule is C=CCc1c(O)c2ccccc2c2c(CSCCC(=O)O)cc(=O)oc12. The van der Waals surface area contributed by atoms with Crippen molar-refractivity contribution in [3.05, 3.63) is 64.5 Å². The molecule has 134 valence electrons. The number of aromatic hydroxyl groups is 1. The second-order valence-electron chi connectivity index (χ2n) is 5.86. The normalized spacial score (nSPS) is 11.1. The van der Waals surface area contributed by atoms with Crippen LogP contribution in [-0.4, -0.2) is 21.9 Å². The summed E-state index contributed by atoms with van der Waals surface area (Å²) < 4.78 is 5.45. The van der Waals surface area contributed by atoms with Crippen LogP contribution >= 0.6 is 11.8 Å². The van der Waals surface area contributed by atoms with Crippen molar-refractivity contribution in [2.75, 3.05) is 5.75 Å². The van der Waals surface area contributed by atoms with Crippen molar-refractivity contribution in [1.29, 1.82) is 0 Å². The Balaban J connectivity index is 2.23. The van der Waals surface area contributed by atoms with E-state index >= 15 is 0 Å². The first-order chi connectivity index (χ1) is 12.5. The average molecular weight is 370 g/mol. The molecule has 6 heteroatoms. The van der Waals surface area contributed by atoms with Crippen molar-refractivity contribution in [2.24, 2.45) is 0 Å². The number of rotatable bonds is 7.